The molecule has 0 aromatic heterocycles. The molecule has 2 aromatic carbocycles. The second-order valence-corrected chi connectivity index (χ2v) is 5.16. The smallest absolute Gasteiger partial charge is 0.121 e. The SMILES string of the molecule is COc1ccc(Cl)c(NC2COCc3ccccc32)c1. The van der Waals surface area contributed by atoms with Gasteiger partial charge in [-0.15, -0.1) is 0 Å². The Morgan fingerprint density at radius 2 is 2.10 bits per heavy atom. The number of anilines is 1. The van der Waals surface area contributed by atoms with E-state index in [1.807, 2.05) is 30.3 Å². The summed E-state index contributed by atoms with van der Waals surface area (Å²) in [6.07, 6.45) is 0. The van der Waals surface area contributed by atoms with Gasteiger partial charge in [0.1, 0.15) is 5.75 Å². The van der Waals surface area contributed by atoms with Crippen LogP contribution in [0.1, 0.15) is 17.2 Å². The van der Waals surface area contributed by atoms with E-state index in [0.29, 0.717) is 18.2 Å². The van der Waals surface area contributed by atoms with Crippen molar-refractivity contribution in [1.82, 2.24) is 0 Å². The first-order valence-corrected chi connectivity index (χ1v) is 6.91. The largest absolute Gasteiger partial charge is 0.497 e. The lowest BCUT2D eigenvalue weighted by Crippen LogP contribution is -2.23. The number of ether oxygens (including phenoxy) is 2. The molecule has 1 heterocycles. The topological polar surface area (TPSA) is 30.5 Å². The summed E-state index contributed by atoms with van der Waals surface area (Å²) in [7, 11) is 1.64. The van der Waals surface area contributed by atoms with E-state index in [1.54, 1.807) is 7.11 Å². The van der Waals surface area contributed by atoms with Crippen molar-refractivity contribution in [2.45, 2.75) is 12.6 Å². The predicted octanol–water partition coefficient (Wildman–Crippen LogP) is 4.03. The van der Waals surface area contributed by atoms with Gasteiger partial charge in [0.25, 0.3) is 0 Å². The number of benzene rings is 2. The average molecular weight is 290 g/mol. The van der Waals surface area contributed by atoms with Crippen LogP contribution in [0, 0.1) is 0 Å². The molecule has 104 valence electrons. The summed E-state index contributed by atoms with van der Waals surface area (Å²) in [6, 6.07) is 14.0. The summed E-state index contributed by atoms with van der Waals surface area (Å²) in [5.41, 5.74) is 3.34. The molecule has 20 heavy (non-hydrogen) atoms. The van der Waals surface area contributed by atoms with E-state index in [2.05, 4.69) is 17.4 Å². The molecule has 0 amide bonds. The first kappa shape index (κ1) is 13.3. The van der Waals surface area contributed by atoms with E-state index in [0.717, 1.165) is 11.4 Å². The number of rotatable bonds is 3. The van der Waals surface area contributed by atoms with Gasteiger partial charge in [0, 0.05) is 6.07 Å². The van der Waals surface area contributed by atoms with Crippen molar-refractivity contribution in [3.05, 3.63) is 58.6 Å². The van der Waals surface area contributed by atoms with Crippen LogP contribution in [0.2, 0.25) is 5.02 Å². The van der Waals surface area contributed by atoms with Gasteiger partial charge in [-0.05, 0) is 23.3 Å². The third-order valence-electron chi connectivity index (χ3n) is 3.48. The molecule has 1 aliphatic rings. The van der Waals surface area contributed by atoms with Crippen LogP contribution in [0.3, 0.4) is 0 Å². The maximum atomic E-state index is 6.24. The van der Waals surface area contributed by atoms with Gasteiger partial charge in [-0.25, -0.2) is 0 Å². The predicted molar refractivity (Wildman–Crippen MR) is 80.5 cm³/mol. The zero-order chi connectivity index (χ0) is 13.9. The molecule has 0 radical (unpaired) electrons. The fourth-order valence-electron chi connectivity index (χ4n) is 2.43. The van der Waals surface area contributed by atoms with Crippen LogP contribution in [-0.4, -0.2) is 13.7 Å². The Morgan fingerprint density at radius 1 is 1.25 bits per heavy atom. The molecule has 4 heteroatoms. The van der Waals surface area contributed by atoms with Gasteiger partial charge >= 0.3 is 0 Å². The van der Waals surface area contributed by atoms with E-state index in [9.17, 15) is 0 Å². The van der Waals surface area contributed by atoms with Gasteiger partial charge in [-0.1, -0.05) is 35.9 Å². The molecule has 2 aromatic rings. The Labute approximate surface area is 123 Å². The van der Waals surface area contributed by atoms with Crippen LogP contribution in [0.5, 0.6) is 5.75 Å². The van der Waals surface area contributed by atoms with Crippen molar-refractivity contribution in [2.75, 3.05) is 19.0 Å². The lowest BCUT2D eigenvalue weighted by molar-refractivity contribution is 0.0970. The van der Waals surface area contributed by atoms with Crippen molar-refractivity contribution in [2.24, 2.45) is 0 Å². The summed E-state index contributed by atoms with van der Waals surface area (Å²) < 4.78 is 10.9. The minimum Gasteiger partial charge on any atom is -0.497 e. The highest BCUT2D eigenvalue weighted by molar-refractivity contribution is 6.33. The summed E-state index contributed by atoms with van der Waals surface area (Å²) in [4.78, 5) is 0. The Morgan fingerprint density at radius 3 is 2.95 bits per heavy atom. The molecule has 1 atom stereocenters. The third kappa shape index (κ3) is 2.60. The monoisotopic (exact) mass is 289 g/mol. The lowest BCUT2D eigenvalue weighted by Gasteiger charge is -2.27. The van der Waals surface area contributed by atoms with Crippen molar-refractivity contribution in [3.8, 4) is 5.75 Å². The minimum absolute atomic E-state index is 0.101. The van der Waals surface area contributed by atoms with Gasteiger partial charge in [0.05, 0.1) is 37.1 Å². The highest BCUT2D eigenvalue weighted by Crippen LogP contribution is 2.32. The fourth-order valence-corrected chi connectivity index (χ4v) is 2.60. The second kappa shape index (κ2) is 5.73. The summed E-state index contributed by atoms with van der Waals surface area (Å²) in [6.45, 7) is 1.30. The molecule has 3 nitrogen and oxygen atoms in total. The zero-order valence-corrected chi connectivity index (χ0v) is 12.0. The molecular formula is C16H16ClNO2. The molecule has 1 N–H and O–H groups in total. The number of hydrogen-bond acceptors (Lipinski definition) is 3. The van der Waals surface area contributed by atoms with E-state index >= 15 is 0 Å². The van der Waals surface area contributed by atoms with Crippen molar-refractivity contribution in [3.63, 3.8) is 0 Å². The van der Waals surface area contributed by atoms with Gasteiger partial charge in [-0.2, -0.15) is 0 Å². The van der Waals surface area contributed by atoms with Gasteiger partial charge in [0.2, 0.25) is 0 Å². The van der Waals surface area contributed by atoms with Crippen LogP contribution in [-0.2, 0) is 11.3 Å². The second-order valence-electron chi connectivity index (χ2n) is 4.76. The molecule has 0 saturated heterocycles. The first-order chi connectivity index (χ1) is 9.78. The minimum atomic E-state index is 0.101. The molecule has 0 fully saturated rings. The van der Waals surface area contributed by atoms with E-state index in [4.69, 9.17) is 21.1 Å². The number of nitrogens with one attached hydrogen (secondary N) is 1. The van der Waals surface area contributed by atoms with Gasteiger partial charge in [0.15, 0.2) is 0 Å². The molecule has 0 saturated carbocycles. The van der Waals surface area contributed by atoms with Crippen LogP contribution in [0.25, 0.3) is 0 Å². The molecule has 1 aliphatic heterocycles. The van der Waals surface area contributed by atoms with Crippen molar-refractivity contribution < 1.29 is 9.47 Å². The molecular weight excluding hydrogens is 274 g/mol. The molecule has 3 rings (SSSR count). The normalized spacial score (nSPS) is 17.4. The maximum absolute atomic E-state index is 6.24. The summed E-state index contributed by atoms with van der Waals surface area (Å²) >= 11 is 6.24. The van der Waals surface area contributed by atoms with E-state index in [1.165, 1.54) is 11.1 Å². The standard InChI is InChI=1S/C16H16ClNO2/c1-19-12-6-7-14(17)15(8-12)18-16-10-20-9-11-4-2-3-5-13(11)16/h2-8,16,18H,9-10H2,1H3. The lowest BCUT2D eigenvalue weighted by atomic mass is 9.99. The van der Waals surface area contributed by atoms with Gasteiger partial charge in [-0.3, -0.25) is 0 Å². The molecule has 0 aliphatic carbocycles. The van der Waals surface area contributed by atoms with E-state index in [-0.39, 0.29) is 6.04 Å². The zero-order valence-electron chi connectivity index (χ0n) is 11.2. The molecule has 0 bridgehead atoms. The van der Waals surface area contributed by atoms with E-state index < -0.39 is 0 Å². The van der Waals surface area contributed by atoms with Crippen LogP contribution >= 0.6 is 11.6 Å². The summed E-state index contributed by atoms with van der Waals surface area (Å²) in [5.74, 6) is 0.780. The summed E-state index contributed by atoms with van der Waals surface area (Å²) in [5, 5.41) is 4.12. The highest BCUT2D eigenvalue weighted by atomic mass is 35.5. The molecule has 0 spiro atoms. The number of halogens is 1. The van der Waals surface area contributed by atoms with Crippen LogP contribution in [0.4, 0.5) is 5.69 Å². The Balaban J connectivity index is 1.89. The Kier molecular flexibility index (Phi) is 3.81. The number of methoxy groups -OCH3 is 1. The van der Waals surface area contributed by atoms with Crippen molar-refractivity contribution in [1.29, 1.82) is 0 Å². The first-order valence-electron chi connectivity index (χ1n) is 6.53. The number of hydrogen-bond donors (Lipinski definition) is 1. The number of fused-ring (bicyclic) bond motifs is 1. The average Bonchev–Trinajstić information content (AvgIpc) is 2.50. The maximum Gasteiger partial charge on any atom is 0.121 e. The van der Waals surface area contributed by atoms with Crippen LogP contribution in [0.15, 0.2) is 42.5 Å². The quantitative estimate of drug-likeness (QED) is 0.925. The van der Waals surface area contributed by atoms with Gasteiger partial charge < -0.3 is 14.8 Å². The fraction of sp³-hybridized carbons (Fsp3) is 0.250. The Hall–Kier alpha value is -1.71. The Bertz CT molecular complexity index is 615. The highest BCUT2D eigenvalue weighted by Gasteiger charge is 2.20. The van der Waals surface area contributed by atoms with Crippen molar-refractivity contribution >= 4 is 17.3 Å². The molecule has 1 unspecified atom stereocenters. The van der Waals surface area contributed by atoms with Crippen LogP contribution < -0.4 is 10.1 Å². The third-order valence-corrected chi connectivity index (χ3v) is 3.81.